The summed E-state index contributed by atoms with van der Waals surface area (Å²) in [6.07, 6.45) is 1.27. The molecular weight excluding hydrogens is 1310 g/mol. The van der Waals surface area contributed by atoms with Crippen molar-refractivity contribution >= 4 is 82.8 Å². The highest BCUT2D eigenvalue weighted by Gasteiger charge is 2.39. The van der Waals surface area contributed by atoms with Gasteiger partial charge in [-0.2, -0.15) is 0 Å². The summed E-state index contributed by atoms with van der Waals surface area (Å²) in [7, 11) is 0. The number of carbonyl (C=O) groups excluding carboxylic acids is 12. The van der Waals surface area contributed by atoms with Crippen LogP contribution < -0.4 is 104 Å². The first-order valence-corrected chi connectivity index (χ1v) is 35.7. The van der Waals surface area contributed by atoms with Crippen molar-refractivity contribution in [2.45, 2.75) is 272 Å². The summed E-state index contributed by atoms with van der Waals surface area (Å²) in [5.41, 5.74) is 45.2. The third-order valence-corrected chi connectivity index (χ3v) is 16.7. The van der Waals surface area contributed by atoms with Gasteiger partial charge in [-0.1, -0.05) is 103 Å². The SMILES string of the molecule is CC[C@H](C)[C@H](NC(=O)[C@H](CC(C)C)NC(=O)[C@@H](NC(=O)[C@H](CC(C)C)NC(=O)[C@@H](NC(=O)[C@H](CCCCN)NC(=O)[C@H](CCCN=C(N)N)NC(=O)[C@H](CCCCN)NC(=O)[C@@H](N)CCCN=C(N)N)[C@@H](C)O)C(C)C)C(=O)N[C@@H](CC(C)C)C(=O)N[C@H](C(=O)N[C@H](C(N)=O)C(C)C)C(C)C. The Balaban J connectivity index is 7.02. The minimum atomic E-state index is -1.74. The number of aliphatic hydroxyl groups excluding tert-OH is 1. The van der Waals surface area contributed by atoms with Crippen molar-refractivity contribution < 1.29 is 62.6 Å². The highest BCUT2D eigenvalue weighted by Crippen LogP contribution is 2.17. The maximum atomic E-state index is 14.5. The largest absolute Gasteiger partial charge is 0.391 e. The van der Waals surface area contributed by atoms with Crippen LogP contribution in [-0.2, 0) is 57.5 Å². The lowest BCUT2D eigenvalue weighted by molar-refractivity contribution is -0.138. The molecule has 0 aromatic rings. The van der Waals surface area contributed by atoms with E-state index in [1.54, 1.807) is 69.2 Å². The topological polar surface area (TPSA) is 590 Å². The number of nitrogens with zero attached hydrogens (tertiary/aromatic N) is 2. The quantitative estimate of drug-likeness (QED) is 0.0164. The molecule has 0 heterocycles. The zero-order valence-corrected chi connectivity index (χ0v) is 62.6. The Bertz CT molecular complexity index is 2690. The van der Waals surface area contributed by atoms with Gasteiger partial charge in [0.25, 0.3) is 0 Å². The number of unbranched alkanes of at least 4 members (excludes halogenated alkanes) is 2. The maximum absolute atomic E-state index is 14.5. The predicted octanol–water partition coefficient (Wildman–Crippen LogP) is -2.97. The minimum Gasteiger partial charge on any atom is -0.391 e. The van der Waals surface area contributed by atoms with Crippen LogP contribution >= 0.6 is 0 Å². The average Bonchev–Trinajstić information content (AvgIpc) is 0.852. The van der Waals surface area contributed by atoms with Gasteiger partial charge in [0.05, 0.1) is 12.1 Å². The van der Waals surface area contributed by atoms with E-state index in [0.29, 0.717) is 38.6 Å². The van der Waals surface area contributed by atoms with E-state index >= 15 is 0 Å². The lowest BCUT2D eigenvalue weighted by Crippen LogP contribution is -2.63. The fourth-order valence-corrected chi connectivity index (χ4v) is 10.7. The number of hydrogen-bond donors (Lipinski definition) is 20. The second-order valence-electron chi connectivity index (χ2n) is 28.5. The second-order valence-corrected chi connectivity index (χ2v) is 28.5. The van der Waals surface area contributed by atoms with Crippen molar-refractivity contribution in [3.63, 3.8) is 0 Å². The summed E-state index contributed by atoms with van der Waals surface area (Å²) in [5, 5.41) is 40.8. The number of nitrogens with one attached hydrogen (secondary N) is 11. The van der Waals surface area contributed by atoms with Gasteiger partial charge in [0, 0.05) is 13.1 Å². The Morgan fingerprint density at radius 2 is 0.614 bits per heavy atom. The van der Waals surface area contributed by atoms with E-state index in [1.807, 2.05) is 27.7 Å². The Morgan fingerprint density at radius 1 is 0.337 bits per heavy atom. The molecule has 0 fully saturated rings. The summed E-state index contributed by atoms with van der Waals surface area (Å²) in [5.74, 6) is -12.2. The molecule has 34 heteroatoms. The number of aliphatic hydroxyl groups is 1. The van der Waals surface area contributed by atoms with Gasteiger partial charge in [-0.3, -0.25) is 67.5 Å². The van der Waals surface area contributed by atoms with Gasteiger partial charge in [-0.25, -0.2) is 0 Å². The van der Waals surface area contributed by atoms with Gasteiger partial charge >= 0.3 is 0 Å². The number of rotatable bonds is 51. The maximum Gasteiger partial charge on any atom is 0.245 e. The van der Waals surface area contributed by atoms with Crippen LogP contribution in [-0.4, -0.2) is 193 Å². The number of hydrogen-bond acceptors (Lipinski definition) is 18. The average molecular weight is 1440 g/mol. The first kappa shape index (κ1) is 93.0. The van der Waals surface area contributed by atoms with Crippen LogP contribution in [0.5, 0.6) is 0 Å². The van der Waals surface area contributed by atoms with Gasteiger partial charge in [0.15, 0.2) is 11.9 Å². The number of guanidine groups is 2. The normalized spacial score (nSPS) is 15.7. The van der Waals surface area contributed by atoms with Crippen molar-refractivity contribution in [3.8, 4) is 0 Å². The molecule has 101 heavy (non-hydrogen) atoms. The van der Waals surface area contributed by atoms with E-state index in [4.69, 9.17) is 45.9 Å². The molecule has 0 unspecified atom stereocenters. The molecule has 14 atom stereocenters. The Kier molecular flexibility index (Phi) is 44.9. The molecule has 580 valence electrons. The van der Waals surface area contributed by atoms with Crippen LogP contribution in [0.4, 0.5) is 0 Å². The first-order chi connectivity index (χ1) is 47.1. The fraction of sp³-hybridized carbons (Fsp3) is 0.791. The number of aliphatic imine (C=N–C) groups is 2. The zero-order chi connectivity index (χ0) is 77.6. The van der Waals surface area contributed by atoms with Gasteiger partial charge in [0.2, 0.25) is 70.9 Å². The highest BCUT2D eigenvalue weighted by atomic mass is 16.3. The number of carbonyl (C=O) groups is 12. The van der Waals surface area contributed by atoms with Crippen molar-refractivity contribution in [1.82, 2.24) is 58.5 Å². The number of nitrogens with two attached hydrogens (primary N) is 8. The third kappa shape index (κ3) is 37.0. The van der Waals surface area contributed by atoms with Crippen LogP contribution in [0.25, 0.3) is 0 Å². The Hall–Kier alpha value is -7.98. The van der Waals surface area contributed by atoms with Crippen LogP contribution in [0, 0.1) is 41.4 Å². The van der Waals surface area contributed by atoms with Crippen molar-refractivity contribution in [2.24, 2.45) is 97.3 Å². The molecule has 0 aromatic carbocycles. The second kappa shape index (κ2) is 48.8. The van der Waals surface area contributed by atoms with Gasteiger partial charge in [0.1, 0.15) is 66.5 Å². The molecule has 28 N–H and O–H groups in total. The molecule has 0 spiro atoms. The minimum absolute atomic E-state index is 0.00987. The molecule has 0 aliphatic rings. The molecule has 0 aliphatic heterocycles. The molecule has 34 nitrogen and oxygen atoms in total. The fourth-order valence-electron chi connectivity index (χ4n) is 10.7. The standard InChI is InChI=1S/C67H129N21O13/c1-16-40(14)52(64(100)82-46(31-34(2)3)59(95)86-51(39(12)13)63(99)84-49(37(8)9)54(71)90)87-61(97)48(33-36(6)7)81-62(98)50(38(10)11)85-60(96)47(32-35(4)5)83-65(101)53(41(15)89)88-58(94)44(25-18-20-28-69)79-57(93)45(26-22-30-77-67(74)75)80-56(92)43(24-17-19-27-68)78-55(91)42(70)23-21-29-76-66(72)73/h34-53,89H,16-33,68-70H2,1-15H3,(H2,71,90)(H,78,91)(H,79,93)(H,80,92)(H,81,98)(H,82,100)(H,83,101)(H,84,99)(H,85,96)(H,86,95)(H,87,97)(H,88,94)(H4,72,73,76)(H4,74,75,77)/t40-,41+,42-,43-,44-,45-,46-,47-,48-,49-,50-,51-,52-,53-/m0/s1. The van der Waals surface area contributed by atoms with E-state index in [2.05, 4.69) is 68.5 Å². The number of primary amides is 1. The van der Waals surface area contributed by atoms with Crippen LogP contribution in [0.2, 0.25) is 0 Å². The zero-order valence-electron chi connectivity index (χ0n) is 62.6. The first-order valence-electron chi connectivity index (χ1n) is 35.7. The molecule has 0 aliphatic carbocycles. The number of amides is 12. The Morgan fingerprint density at radius 3 is 0.941 bits per heavy atom. The van der Waals surface area contributed by atoms with Crippen molar-refractivity contribution in [2.75, 3.05) is 26.2 Å². The van der Waals surface area contributed by atoms with E-state index in [9.17, 15) is 62.6 Å². The van der Waals surface area contributed by atoms with Gasteiger partial charge in [-0.05, 0) is 145 Å². The van der Waals surface area contributed by atoms with Gasteiger partial charge < -0.3 is 109 Å². The molecule has 0 radical (unpaired) electrons. The molecule has 0 aromatic heterocycles. The van der Waals surface area contributed by atoms with E-state index in [0.717, 1.165) is 0 Å². The van der Waals surface area contributed by atoms with E-state index < -0.39 is 167 Å². The van der Waals surface area contributed by atoms with Crippen LogP contribution in [0.15, 0.2) is 9.98 Å². The van der Waals surface area contributed by atoms with Gasteiger partial charge in [-0.15, -0.1) is 0 Å². The highest BCUT2D eigenvalue weighted by molar-refractivity contribution is 6.00. The lowest BCUT2D eigenvalue weighted by Gasteiger charge is -2.31. The van der Waals surface area contributed by atoms with Crippen LogP contribution in [0.3, 0.4) is 0 Å². The van der Waals surface area contributed by atoms with Crippen LogP contribution in [0.1, 0.15) is 194 Å². The monoisotopic (exact) mass is 1440 g/mol. The third-order valence-electron chi connectivity index (χ3n) is 16.7. The smallest absolute Gasteiger partial charge is 0.245 e. The summed E-state index contributed by atoms with van der Waals surface area (Å²) in [6, 6.07) is -15.3. The van der Waals surface area contributed by atoms with E-state index in [1.165, 1.54) is 6.92 Å². The summed E-state index contributed by atoms with van der Waals surface area (Å²) >= 11 is 0. The Labute approximate surface area is 597 Å². The molecule has 12 amide bonds. The molecule has 0 bridgehead atoms. The van der Waals surface area contributed by atoms with E-state index in [-0.39, 0.29) is 113 Å². The van der Waals surface area contributed by atoms with Crippen molar-refractivity contribution in [3.05, 3.63) is 0 Å². The summed E-state index contributed by atoms with van der Waals surface area (Å²) in [6.45, 7) is 26.5. The molecule has 0 saturated heterocycles. The van der Waals surface area contributed by atoms with Crippen molar-refractivity contribution in [1.29, 1.82) is 0 Å². The lowest BCUT2D eigenvalue weighted by atomic mass is 9.95. The predicted molar refractivity (Wildman–Crippen MR) is 388 cm³/mol. The molecule has 0 rings (SSSR count). The summed E-state index contributed by atoms with van der Waals surface area (Å²) in [4.78, 5) is 176. The molecule has 0 saturated carbocycles. The molecular formula is C67H129N21O13. The summed E-state index contributed by atoms with van der Waals surface area (Å²) < 4.78 is 0.